The fourth-order valence-corrected chi connectivity index (χ4v) is 3.05. The highest BCUT2D eigenvalue weighted by molar-refractivity contribution is 7.86. The molecule has 2 aromatic rings. The molecule has 0 radical (unpaired) electrons. The summed E-state index contributed by atoms with van der Waals surface area (Å²) in [6.45, 7) is 1.26. The van der Waals surface area contributed by atoms with Gasteiger partial charge in [-0.05, 0) is 12.1 Å². The predicted octanol–water partition coefficient (Wildman–Crippen LogP) is 1.68. The smallest absolute Gasteiger partial charge is 0.296 e. The lowest BCUT2D eigenvalue weighted by molar-refractivity contribution is -0.114. The summed E-state index contributed by atoms with van der Waals surface area (Å²) in [7, 11) is -4.55. The molecule has 8 nitrogen and oxygen atoms in total. The van der Waals surface area contributed by atoms with Crippen LogP contribution >= 0.6 is 23.2 Å². The minimum atomic E-state index is -4.55. The first-order valence-corrected chi connectivity index (χ1v) is 7.86. The third-order valence-corrected chi connectivity index (χ3v) is 4.17. The Morgan fingerprint density at radius 1 is 1.27 bits per heavy atom. The molecule has 0 spiro atoms. The van der Waals surface area contributed by atoms with Crippen molar-refractivity contribution in [2.45, 2.75) is 11.8 Å². The topological polar surface area (TPSA) is 121 Å². The number of halogens is 2. The first-order chi connectivity index (χ1) is 10.1. The fourth-order valence-electron chi connectivity index (χ4n) is 1.72. The highest BCUT2D eigenvalue weighted by atomic mass is 35.5. The van der Waals surface area contributed by atoms with Gasteiger partial charge in [0.15, 0.2) is 0 Å². The Hall–Kier alpha value is -1.81. The van der Waals surface area contributed by atoms with E-state index >= 15 is 0 Å². The molecule has 0 unspecified atom stereocenters. The van der Waals surface area contributed by atoms with E-state index in [0.717, 1.165) is 22.9 Å². The van der Waals surface area contributed by atoms with Crippen molar-refractivity contribution in [3.05, 3.63) is 38.6 Å². The molecular formula is C11H9Cl2N3O5S. The van der Waals surface area contributed by atoms with Crippen molar-refractivity contribution in [3.63, 3.8) is 0 Å². The van der Waals surface area contributed by atoms with Gasteiger partial charge in [-0.2, -0.15) is 8.42 Å². The molecule has 3 N–H and O–H groups in total. The van der Waals surface area contributed by atoms with E-state index in [0.29, 0.717) is 0 Å². The van der Waals surface area contributed by atoms with Gasteiger partial charge in [0.05, 0.1) is 15.7 Å². The van der Waals surface area contributed by atoms with Crippen LogP contribution in [-0.2, 0) is 14.9 Å². The Kier molecular flexibility index (Phi) is 4.34. The van der Waals surface area contributed by atoms with Crippen LogP contribution in [0, 0.1) is 0 Å². The van der Waals surface area contributed by atoms with Crippen LogP contribution < -0.4 is 10.9 Å². The first kappa shape index (κ1) is 16.6. The molecule has 2 rings (SSSR count). The molecule has 0 aliphatic rings. The van der Waals surface area contributed by atoms with Crippen molar-refractivity contribution in [2.24, 2.45) is 0 Å². The Balaban J connectivity index is 2.60. The van der Waals surface area contributed by atoms with Crippen LogP contribution in [0.3, 0.4) is 0 Å². The zero-order valence-corrected chi connectivity index (χ0v) is 13.3. The van der Waals surface area contributed by atoms with Crippen LogP contribution in [0.5, 0.6) is 0 Å². The molecule has 22 heavy (non-hydrogen) atoms. The second-order valence-corrected chi connectivity index (χ2v) is 6.44. The molecule has 11 heteroatoms. The standard InChI is InChI=1S/C11H9Cl2N3O5S/c1-5(17)14-10-4-11(18)16(15-10)8-2-7(13)9(3-6(8)12)22(19,20)21/h2-4,15H,1H3,(H,14,17)(H,19,20,21). The number of rotatable bonds is 3. The predicted molar refractivity (Wildman–Crippen MR) is 80.5 cm³/mol. The number of hydrogen-bond acceptors (Lipinski definition) is 4. The molecule has 0 saturated heterocycles. The van der Waals surface area contributed by atoms with Crippen LogP contribution in [-0.4, -0.2) is 28.7 Å². The number of anilines is 1. The summed E-state index contributed by atoms with van der Waals surface area (Å²) in [6, 6.07) is 3.13. The molecule has 0 fully saturated rings. The number of aromatic nitrogens is 2. The summed E-state index contributed by atoms with van der Waals surface area (Å²) in [6.07, 6.45) is 0. The Morgan fingerprint density at radius 2 is 1.91 bits per heavy atom. The molecule has 0 saturated carbocycles. The van der Waals surface area contributed by atoms with Crippen molar-refractivity contribution in [1.29, 1.82) is 0 Å². The number of benzene rings is 1. The van der Waals surface area contributed by atoms with Gasteiger partial charge in [0.25, 0.3) is 15.7 Å². The number of aromatic amines is 1. The SMILES string of the molecule is CC(=O)Nc1cc(=O)n(-c2cc(Cl)c(S(=O)(=O)O)cc2Cl)[nH]1. The van der Waals surface area contributed by atoms with Crippen molar-refractivity contribution in [3.8, 4) is 5.69 Å². The van der Waals surface area contributed by atoms with E-state index in [4.69, 9.17) is 27.8 Å². The van der Waals surface area contributed by atoms with Gasteiger partial charge >= 0.3 is 0 Å². The third-order valence-electron chi connectivity index (χ3n) is 2.55. The summed E-state index contributed by atoms with van der Waals surface area (Å²) in [4.78, 5) is 22.3. The van der Waals surface area contributed by atoms with Crippen LogP contribution in [0.25, 0.3) is 5.69 Å². The number of hydrogen-bond donors (Lipinski definition) is 3. The monoisotopic (exact) mass is 365 g/mol. The zero-order chi connectivity index (χ0) is 16.7. The molecule has 1 amide bonds. The van der Waals surface area contributed by atoms with E-state index in [1.807, 2.05) is 0 Å². The second-order valence-electron chi connectivity index (χ2n) is 4.23. The zero-order valence-electron chi connectivity index (χ0n) is 10.9. The summed E-state index contributed by atoms with van der Waals surface area (Å²) < 4.78 is 32.3. The Labute approximate surface area is 134 Å². The van der Waals surface area contributed by atoms with Gasteiger partial charge in [0.1, 0.15) is 10.7 Å². The third kappa shape index (κ3) is 3.33. The maximum absolute atomic E-state index is 11.9. The second kappa shape index (κ2) is 5.76. The van der Waals surface area contributed by atoms with E-state index in [-0.39, 0.29) is 27.5 Å². The highest BCUT2D eigenvalue weighted by Crippen LogP contribution is 2.30. The van der Waals surface area contributed by atoms with Crippen LogP contribution in [0.4, 0.5) is 5.82 Å². The number of carbonyl (C=O) groups excluding carboxylic acids is 1. The van der Waals surface area contributed by atoms with E-state index in [2.05, 4.69) is 10.4 Å². The summed E-state index contributed by atoms with van der Waals surface area (Å²) in [5, 5.41) is 4.49. The number of carbonyl (C=O) groups is 1. The van der Waals surface area contributed by atoms with E-state index in [9.17, 15) is 18.0 Å². The number of H-pyrrole nitrogens is 1. The van der Waals surface area contributed by atoms with Gasteiger partial charge in [-0.3, -0.25) is 19.2 Å². The van der Waals surface area contributed by atoms with E-state index in [1.54, 1.807) is 0 Å². The molecule has 118 valence electrons. The van der Waals surface area contributed by atoms with Crippen molar-refractivity contribution in [2.75, 3.05) is 5.32 Å². The molecule has 0 bridgehead atoms. The van der Waals surface area contributed by atoms with Crippen LogP contribution in [0.15, 0.2) is 27.9 Å². The highest BCUT2D eigenvalue weighted by Gasteiger charge is 2.19. The largest absolute Gasteiger partial charge is 0.311 e. The lowest BCUT2D eigenvalue weighted by atomic mass is 10.3. The lowest BCUT2D eigenvalue weighted by Crippen LogP contribution is -2.14. The van der Waals surface area contributed by atoms with Crippen molar-refractivity contribution < 1.29 is 17.8 Å². The average Bonchev–Trinajstić information content (AvgIpc) is 2.70. The van der Waals surface area contributed by atoms with Gasteiger partial charge in [0, 0.05) is 13.0 Å². The molecule has 0 aliphatic heterocycles. The number of nitrogens with one attached hydrogen (secondary N) is 2. The lowest BCUT2D eigenvalue weighted by Gasteiger charge is -2.08. The van der Waals surface area contributed by atoms with E-state index < -0.39 is 20.6 Å². The quantitative estimate of drug-likeness (QED) is 0.714. The average molecular weight is 366 g/mol. The first-order valence-electron chi connectivity index (χ1n) is 5.66. The van der Waals surface area contributed by atoms with Gasteiger partial charge in [-0.1, -0.05) is 23.2 Å². The van der Waals surface area contributed by atoms with Gasteiger partial charge in [-0.25, -0.2) is 4.68 Å². The van der Waals surface area contributed by atoms with Gasteiger partial charge in [0.2, 0.25) is 5.91 Å². The number of nitrogens with zero attached hydrogens (tertiary/aromatic N) is 1. The minimum absolute atomic E-state index is 0.0562. The summed E-state index contributed by atoms with van der Waals surface area (Å²) in [5.41, 5.74) is -0.498. The molecule has 0 atom stereocenters. The minimum Gasteiger partial charge on any atom is -0.311 e. The molecule has 1 aromatic heterocycles. The van der Waals surface area contributed by atoms with Gasteiger partial charge in [-0.15, -0.1) is 0 Å². The fraction of sp³-hybridized carbons (Fsp3) is 0.0909. The van der Waals surface area contributed by atoms with Crippen LogP contribution in [0.1, 0.15) is 6.92 Å². The van der Waals surface area contributed by atoms with Gasteiger partial charge < -0.3 is 5.32 Å². The maximum atomic E-state index is 11.9. The summed E-state index contributed by atoms with van der Waals surface area (Å²) >= 11 is 11.7. The Bertz CT molecular complexity index is 916. The van der Waals surface area contributed by atoms with Crippen LogP contribution in [0.2, 0.25) is 10.0 Å². The molecule has 1 heterocycles. The number of amides is 1. The molecule has 0 aliphatic carbocycles. The van der Waals surface area contributed by atoms with E-state index in [1.165, 1.54) is 6.92 Å². The Morgan fingerprint density at radius 3 is 2.45 bits per heavy atom. The normalized spacial score (nSPS) is 11.5. The maximum Gasteiger partial charge on any atom is 0.296 e. The van der Waals surface area contributed by atoms with Crippen molar-refractivity contribution >= 4 is 45.0 Å². The molecular weight excluding hydrogens is 357 g/mol. The molecule has 1 aromatic carbocycles. The summed E-state index contributed by atoms with van der Waals surface area (Å²) in [5.74, 6) is -0.261. The van der Waals surface area contributed by atoms with Crippen molar-refractivity contribution in [1.82, 2.24) is 9.78 Å².